The van der Waals surface area contributed by atoms with E-state index in [4.69, 9.17) is 11.6 Å². The van der Waals surface area contributed by atoms with Crippen molar-refractivity contribution in [3.05, 3.63) is 10.2 Å². The average Bonchev–Trinajstić information content (AvgIpc) is 2.59. The molecule has 1 aromatic heterocycles. The largest absolute Gasteiger partial charge is 0.395 e. The number of aromatic nitrogens is 1. The Bertz CT molecular complexity index is 544. The van der Waals surface area contributed by atoms with Crippen molar-refractivity contribution in [1.29, 1.82) is 0 Å². The van der Waals surface area contributed by atoms with E-state index in [2.05, 4.69) is 4.98 Å². The van der Waals surface area contributed by atoms with E-state index in [-0.39, 0.29) is 21.3 Å². The van der Waals surface area contributed by atoms with E-state index < -0.39 is 10.0 Å². The molecule has 19 heavy (non-hydrogen) atoms. The lowest BCUT2D eigenvalue weighted by atomic mass is 10.1. The molecule has 0 aliphatic carbocycles. The van der Waals surface area contributed by atoms with E-state index in [9.17, 15) is 13.5 Å². The second-order valence-corrected chi connectivity index (χ2v) is 8.31. The van der Waals surface area contributed by atoms with Crippen LogP contribution in [0.4, 0.5) is 0 Å². The Balaban J connectivity index is 2.39. The van der Waals surface area contributed by atoms with Crippen molar-refractivity contribution in [2.45, 2.75) is 42.9 Å². The van der Waals surface area contributed by atoms with Crippen LogP contribution >= 0.6 is 22.9 Å². The van der Waals surface area contributed by atoms with Crippen molar-refractivity contribution in [3.63, 3.8) is 0 Å². The molecule has 1 fully saturated rings. The van der Waals surface area contributed by atoms with Crippen molar-refractivity contribution >= 4 is 33.0 Å². The van der Waals surface area contributed by atoms with Crippen molar-refractivity contribution in [1.82, 2.24) is 9.29 Å². The number of aliphatic hydroxyl groups excluding tert-OH is 1. The Hall–Kier alpha value is -0.210. The molecule has 0 bridgehead atoms. The Morgan fingerprint density at radius 3 is 2.79 bits per heavy atom. The van der Waals surface area contributed by atoms with Crippen LogP contribution < -0.4 is 0 Å². The quantitative estimate of drug-likeness (QED) is 0.923. The molecule has 8 heteroatoms. The van der Waals surface area contributed by atoms with Crippen LogP contribution in [-0.4, -0.2) is 42.0 Å². The van der Waals surface area contributed by atoms with Crippen molar-refractivity contribution in [3.8, 4) is 0 Å². The predicted molar refractivity (Wildman–Crippen MR) is 75.1 cm³/mol. The number of hydrogen-bond acceptors (Lipinski definition) is 5. The number of nitrogens with zero attached hydrogens (tertiary/aromatic N) is 2. The number of sulfonamides is 1. The molecule has 0 saturated carbocycles. The van der Waals surface area contributed by atoms with Gasteiger partial charge in [-0.1, -0.05) is 35.8 Å². The molecule has 0 aromatic carbocycles. The smallest absolute Gasteiger partial charge is 0.254 e. The summed E-state index contributed by atoms with van der Waals surface area (Å²) in [6.45, 7) is 1.94. The van der Waals surface area contributed by atoms with E-state index in [0.29, 0.717) is 18.7 Å². The third-order valence-electron chi connectivity index (χ3n) is 3.30. The van der Waals surface area contributed by atoms with Crippen LogP contribution in [0.3, 0.4) is 0 Å². The van der Waals surface area contributed by atoms with Gasteiger partial charge in [0.1, 0.15) is 0 Å². The number of hydrogen-bond donors (Lipinski definition) is 1. The van der Waals surface area contributed by atoms with Crippen LogP contribution in [0, 0.1) is 6.92 Å². The van der Waals surface area contributed by atoms with Gasteiger partial charge in [-0.2, -0.15) is 4.31 Å². The first-order valence-electron chi connectivity index (χ1n) is 6.22. The average molecular weight is 325 g/mol. The molecule has 1 aromatic rings. The molecule has 1 aliphatic rings. The summed E-state index contributed by atoms with van der Waals surface area (Å²) >= 11 is 6.77. The Kier molecular flexibility index (Phi) is 4.84. The fourth-order valence-electron chi connectivity index (χ4n) is 2.35. The van der Waals surface area contributed by atoms with Crippen LogP contribution in [0.2, 0.25) is 4.47 Å². The molecule has 5 nitrogen and oxygen atoms in total. The normalized spacial score (nSPS) is 22.4. The number of halogens is 1. The van der Waals surface area contributed by atoms with Crippen molar-refractivity contribution < 1.29 is 13.5 Å². The second-order valence-electron chi connectivity index (χ2n) is 4.64. The highest BCUT2D eigenvalue weighted by Crippen LogP contribution is 2.32. The first-order valence-corrected chi connectivity index (χ1v) is 8.86. The zero-order valence-electron chi connectivity index (χ0n) is 10.7. The lowest BCUT2D eigenvalue weighted by Crippen LogP contribution is -2.41. The summed E-state index contributed by atoms with van der Waals surface area (Å²) in [5, 5.41) is 9.43. The standard InChI is InChI=1S/C11H17ClN2O3S2/c1-8-10(18-11(12)13-8)19(16,17)14-6-4-2-3-5-9(14)7-15/h9,15H,2-7H2,1H3. The van der Waals surface area contributed by atoms with Crippen LogP contribution in [0.5, 0.6) is 0 Å². The van der Waals surface area contributed by atoms with Crippen LogP contribution in [0.25, 0.3) is 0 Å². The molecule has 1 saturated heterocycles. The number of rotatable bonds is 3. The number of aliphatic hydroxyl groups is 1. The first kappa shape index (κ1) is 15.2. The maximum atomic E-state index is 12.7. The minimum Gasteiger partial charge on any atom is -0.395 e. The second kappa shape index (κ2) is 6.05. The predicted octanol–water partition coefficient (Wildman–Crippen LogP) is 2.03. The SMILES string of the molecule is Cc1nc(Cl)sc1S(=O)(=O)N1CCCCCC1CO. The summed E-state index contributed by atoms with van der Waals surface area (Å²) in [6.07, 6.45) is 3.45. The maximum absolute atomic E-state index is 12.7. The molecular formula is C11H17ClN2O3S2. The number of aryl methyl sites for hydroxylation is 1. The van der Waals surface area contributed by atoms with Gasteiger partial charge in [0, 0.05) is 12.6 Å². The van der Waals surface area contributed by atoms with Crippen molar-refractivity contribution in [2.75, 3.05) is 13.2 Å². The van der Waals surface area contributed by atoms with Gasteiger partial charge in [0.2, 0.25) is 0 Å². The van der Waals surface area contributed by atoms with Gasteiger partial charge in [0.15, 0.2) is 8.68 Å². The minimum atomic E-state index is -3.61. The molecule has 0 spiro atoms. The molecule has 108 valence electrons. The van der Waals surface area contributed by atoms with Gasteiger partial charge in [0.05, 0.1) is 12.3 Å². The molecule has 0 radical (unpaired) electrons. The fraction of sp³-hybridized carbons (Fsp3) is 0.727. The molecule has 0 amide bonds. The summed E-state index contributed by atoms with van der Waals surface area (Å²) < 4.78 is 27.2. The highest BCUT2D eigenvalue weighted by Gasteiger charge is 2.34. The van der Waals surface area contributed by atoms with Gasteiger partial charge < -0.3 is 5.11 Å². The zero-order chi connectivity index (χ0) is 14.0. The first-order chi connectivity index (χ1) is 8.96. The van der Waals surface area contributed by atoms with Gasteiger partial charge >= 0.3 is 0 Å². The summed E-state index contributed by atoms with van der Waals surface area (Å²) in [4.78, 5) is 3.96. The highest BCUT2D eigenvalue weighted by molar-refractivity contribution is 7.91. The van der Waals surface area contributed by atoms with E-state index in [1.54, 1.807) is 6.92 Å². The maximum Gasteiger partial charge on any atom is 0.254 e. The molecule has 1 aliphatic heterocycles. The number of thiazole rings is 1. The van der Waals surface area contributed by atoms with E-state index in [1.807, 2.05) is 0 Å². The lowest BCUT2D eigenvalue weighted by Gasteiger charge is -2.27. The summed E-state index contributed by atoms with van der Waals surface area (Å²) in [6, 6.07) is -0.340. The monoisotopic (exact) mass is 324 g/mol. The van der Waals surface area contributed by atoms with Crippen LogP contribution in [0.15, 0.2) is 4.21 Å². The summed E-state index contributed by atoms with van der Waals surface area (Å²) in [5.74, 6) is 0. The molecule has 2 heterocycles. The van der Waals surface area contributed by atoms with Gasteiger partial charge in [-0.05, 0) is 19.8 Å². The van der Waals surface area contributed by atoms with Crippen molar-refractivity contribution in [2.24, 2.45) is 0 Å². The molecule has 1 unspecified atom stereocenters. The van der Waals surface area contributed by atoms with E-state index in [0.717, 1.165) is 30.6 Å². The van der Waals surface area contributed by atoms with Crippen LogP contribution in [0.1, 0.15) is 31.4 Å². The molecular weight excluding hydrogens is 308 g/mol. The van der Waals surface area contributed by atoms with Gasteiger partial charge in [-0.25, -0.2) is 13.4 Å². The fourth-order valence-corrected chi connectivity index (χ4v) is 5.88. The van der Waals surface area contributed by atoms with Gasteiger partial charge in [-0.15, -0.1) is 0 Å². The molecule has 2 rings (SSSR count). The van der Waals surface area contributed by atoms with Gasteiger partial charge in [0.25, 0.3) is 10.0 Å². The Morgan fingerprint density at radius 1 is 1.47 bits per heavy atom. The Labute approximate surface area is 122 Å². The summed E-state index contributed by atoms with van der Waals surface area (Å²) in [7, 11) is -3.61. The third kappa shape index (κ3) is 3.11. The van der Waals surface area contributed by atoms with E-state index in [1.165, 1.54) is 4.31 Å². The summed E-state index contributed by atoms with van der Waals surface area (Å²) in [5.41, 5.74) is 0.427. The van der Waals surface area contributed by atoms with E-state index >= 15 is 0 Å². The molecule has 1 N–H and O–H groups in total. The zero-order valence-corrected chi connectivity index (χ0v) is 13.1. The Morgan fingerprint density at radius 2 is 2.21 bits per heavy atom. The topological polar surface area (TPSA) is 70.5 Å². The lowest BCUT2D eigenvalue weighted by molar-refractivity contribution is 0.186. The molecule has 1 atom stereocenters. The van der Waals surface area contributed by atoms with Crippen LogP contribution in [-0.2, 0) is 10.0 Å². The highest BCUT2D eigenvalue weighted by atomic mass is 35.5. The minimum absolute atomic E-state index is 0.148. The third-order valence-corrected chi connectivity index (χ3v) is 7.11. The van der Waals surface area contributed by atoms with Gasteiger partial charge in [-0.3, -0.25) is 0 Å².